The molecule has 2 atom stereocenters. The summed E-state index contributed by atoms with van der Waals surface area (Å²) in [5.41, 5.74) is 0. The van der Waals surface area contributed by atoms with Gasteiger partial charge in [0.25, 0.3) is 7.82 Å². The Kier molecular flexibility index (Phi) is 30.6. The highest BCUT2D eigenvalue weighted by Crippen LogP contribution is 2.38. The van der Waals surface area contributed by atoms with Crippen molar-refractivity contribution in [3.8, 4) is 0 Å². The Labute approximate surface area is 299 Å². The van der Waals surface area contributed by atoms with Gasteiger partial charge in [0.2, 0.25) is 0 Å². The second kappa shape index (κ2) is 31.9. The number of unbranched alkanes of at least 4 members (excludes halogenated alkanes) is 11. The summed E-state index contributed by atoms with van der Waals surface area (Å²) >= 11 is 0. The SMILES string of the molecule is CC/C=C\C/C=C\C/C=C\C/C=C\CCCCCCCCCCCCC(=O)OC(COC(=O)CCCC)COP(=O)([O-])OCC[N+](C)(C)C. The van der Waals surface area contributed by atoms with Crippen LogP contribution in [0.25, 0.3) is 0 Å². The quantitative estimate of drug-likeness (QED) is 0.0218. The maximum absolute atomic E-state index is 12.5. The molecule has 0 fully saturated rings. The van der Waals surface area contributed by atoms with Crippen LogP contribution in [0.4, 0.5) is 0 Å². The molecule has 0 aliphatic carbocycles. The lowest BCUT2D eigenvalue weighted by molar-refractivity contribution is -0.870. The van der Waals surface area contributed by atoms with E-state index in [1.807, 2.05) is 28.1 Å². The molecule has 0 rings (SSSR count). The van der Waals surface area contributed by atoms with E-state index in [-0.39, 0.29) is 26.1 Å². The van der Waals surface area contributed by atoms with Crippen molar-refractivity contribution in [3.63, 3.8) is 0 Å². The normalized spacial score (nSPS) is 14.3. The van der Waals surface area contributed by atoms with Gasteiger partial charge in [0.1, 0.15) is 19.8 Å². The lowest BCUT2D eigenvalue weighted by Crippen LogP contribution is -2.37. The van der Waals surface area contributed by atoms with Crippen LogP contribution in [0.1, 0.15) is 136 Å². The Hall–Kier alpha value is -2.03. The molecule has 0 heterocycles. The van der Waals surface area contributed by atoms with Gasteiger partial charge in [-0.05, 0) is 51.4 Å². The molecule has 0 aromatic rings. The van der Waals surface area contributed by atoms with E-state index >= 15 is 0 Å². The zero-order chi connectivity index (χ0) is 36.5. The summed E-state index contributed by atoms with van der Waals surface area (Å²) in [5, 5.41) is 0. The fourth-order valence-electron chi connectivity index (χ4n) is 4.62. The average Bonchev–Trinajstić information content (AvgIpc) is 3.04. The molecule has 0 amide bonds. The topological polar surface area (TPSA) is 111 Å². The number of rotatable bonds is 33. The Balaban J connectivity index is 4.05. The van der Waals surface area contributed by atoms with Crippen molar-refractivity contribution in [2.45, 2.75) is 142 Å². The highest BCUT2D eigenvalue weighted by atomic mass is 31.2. The molecule has 9 nitrogen and oxygen atoms in total. The standard InChI is InChI=1S/C39H70NO8P/c1-6-8-10-11-12-13-14-15-16-17-18-19-20-21-22-23-24-25-26-27-28-29-30-32-39(42)48-37(35-45-38(41)31-9-7-2)36-47-49(43,44)46-34-33-40(3,4)5/h8,10,12-13,15-16,18-19,37H,6-7,9,11,14,17,20-36H2,1-5H3/b10-8-,13-12-,16-15-,19-18-. The van der Waals surface area contributed by atoms with Crippen LogP contribution in [0, 0.1) is 0 Å². The van der Waals surface area contributed by atoms with Gasteiger partial charge in [-0.1, -0.05) is 120 Å². The number of ether oxygens (including phenoxy) is 2. The molecule has 0 saturated heterocycles. The highest BCUT2D eigenvalue weighted by Gasteiger charge is 2.21. The van der Waals surface area contributed by atoms with E-state index in [9.17, 15) is 19.0 Å². The zero-order valence-electron chi connectivity index (χ0n) is 31.6. The van der Waals surface area contributed by atoms with Crippen molar-refractivity contribution >= 4 is 19.8 Å². The molecule has 0 aliphatic heterocycles. The van der Waals surface area contributed by atoms with Crippen LogP contribution in [0.3, 0.4) is 0 Å². The summed E-state index contributed by atoms with van der Waals surface area (Å²) in [4.78, 5) is 36.6. The molecule has 0 radical (unpaired) electrons. The first-order chi connectivity index (χ1) is 23.5. The number of hydrogen-bond acceptors (Lipinski definition) is 8. The number of allylic oxidation sites excluding steroid dienone is 8. The van der Waals surface area contributed by atoms with E-state index in [2.05, 4.69) is 55.5 Å². The van der Waals surface area contributed by atoms with Crippen molar-refractivity contribution in [2.24, 2.45) is 0 Å². The molecule has 49 heavy (non-hydrogen) atoms. The molecule has 284 valence electrons. The molecule has 0 aromatic heterocycles. The van der Waals surface area contributed by atoms with E-state index in [1.54, 1.807) is 0 Å². The van der Waals surface area contributed by atoms with Gasteiger partial charge in [-0.25, -0.2) is 0 Å². The minimum atomic E-state index is -4.60. The molecule has 0 saturated carbocycles. The Morgan fingerprint density at radius 2 is 1.16 bits per heavy atom. The van der Waals surface area contributed by atoms with Crippen molar-refractivity contribution in [3.05, 3.63) is 48.6 Å². The second-order valence-corrected chi connectivity index (χ2v) is 15.0. The molecule has 0 aliphatic rings. The summed E-state index contributed by atoms with van der Waals surface area (Å²) < 4.78 is 33.3. The van der Waals surface area contributed by atoms with Crippen LogP contribution in [-0.2, 0) is 32.7 Å². The van der Waals surface area contributed by atoms with Crippen molar-refractivity contribution in [1.29, 1.82) is 0 Å². The lowest BCUT2D eigenvalue weighted by Gasteiger charge is -2.28. The van der Waals surface area contributed by atoms with Gasteiger partial charge in [-0.15, -0.1) is 0 Å². The number of hydrogen-bond donors (Lipinski definition) is 0. The van der Waals surface area contributed by atoms with Crippen molar-refractivity contribution in [1.82, 2.24) is 0 Å². The van der Waals surface area contributed by atoms with Crippen LogP contribution in [0.15, 0.2) is 48.6 Å². The first-order valence-electron chi connectivity index (χ1n) is 18.8. The van der Waals surface area contributed by atoms with Crippen LogP contribution < -0.4 is 4.89 Å². The summed E-state index contributed by atoms with van der Waals surface area (Å²) in [7, 11) is 1.15. The molecule has 0 spiro atoms. The number of likely N-dealkylation sites (N-methyl/N-ethyl adjacent to an activating group) is 1. The summed E-state index contributed by atoms with van der Waals surface area (Å²) in [6.45, 7) is 3.82. The summed E-state index contributed by atoms with van der Waals surface area (Å²) in [6, 6.07) is 0. The van der Waals surface area contributed by atoms with Gasteiger partial charge in [0.15, 0.2) is 6.10 Å². The van der Waals surface area contributed by atoms with Gasteiger partial charge in [0, 0.05) is 12.8 Å². The van der Waals surface area contributed by atoms with E-state index in [4.69, 9.17) is 18.5 Å². The number of phosphoric ester groups is 1. The fraction of sp³-hybridized carbons (Fsp3) is 0.744. The summed E-state index contributed by atoms with van der Waals surface area (Å²) in [6.07, 6.45) is 35.5. The highest BCUT2D eigenvalue weighted by molar-refractivity contribution is 7.45. The molecule has 2 unspecified atom stereocenters. The minimum absolute atomic E-state index is 0.0337. The van der Waals surface area contributed by atoms with Crippen LogP contribution in [-0.4, -0.2) is 70.0 Å². The number of nitrogens with zero attached hydrogens (tertiary/aromatic N) is 1. The van der Waals surface area contributed by atoms with Crippen LogP contribution in [0.5, 0.6) is 0 Å². The van der Waals surface area contributed by atoms with Gasteiger partial charge >= 0.3 is 11.9 Å². The molecule has 0 aromatic carbocycles. The minimum Gasteiger partial charge on any atom is -0.756 e. The largest absolute Gasteiger partial charge is 0.756 e. The maximum Gasteiger partial charge on any atom is 0.306 e. The average molecular weight is 712 g/mol. The number of carbonyl (C=O) groups excluding carboxylic acids is 2. The number of quaternary nitrogens is 1. The van der Waals surface area contributed by atoms with E-state index in [0.29, 0.717) is 23.9 Å². The Morgan fingerprint density at radius 3 is 1.71 bits per heavy atom. The smallest absolute Gasteiger partial charge is 0.306 e. The van der Waals surface area contributed by atoms with Crippen LogP contribution >= 0.6 is 7.82 Å². The van der Waals surface area contributed by atoms with E-state index < -0.39 is 32.5 Å². The third-order valence-corrected chi connectivity index (χ3v) is 8.58. The predicted octanol–water partition coefficient (Wildman–Crippen LogP) is 9.33. The fourth-order valence-corrected chi connectivity index (χ4v) is 5.35. The third kappa shape index (κ3) is 35.6. The monoisotopic (exact) mass is 711 g/mol. The molecule has 10 heteroatoms. The first kappa shape index (κ1) is 47.0. The maximum atomic E-state index is 12.5. The van der Waals surface area contributed by atoms with Gasteiger partial charge < -0.3 is 27.9 Å². The molecular weight excluding hydrogens is 641 g/mol. The van der Waals surface area contributed by atoms with Crippen molar-refractivity contribution in [2.75, 3.05) is 47.5 Å². The second-order valence-electron chi connectivity index (χ2n) is 13.6. The molecule has 0 bridgehead atoms. The van der Waals surface area contributed by atoms with E-state index in [1.165, 1.54) is 38.5 Å². The third-order valence-electron chi connectivity index (χ3n) is 7.61. The van der Waals surface area contributed by atoms with Crippen molar-refractivity contribution < 1.29 is 42.1 Å². The Morgan fingerprint density at radius 1 is 0.653 bits per heavy atom. The molecular formula is C39H70NO8P. The van der Waals surface area contributed by atoms with E-state index in [0.717, 1.165) is 57.8 Å². The Bertz CT molecular complexity index is 986. The van der Waals surface area contributed by atoms with Gasteiger partial charge in [0.05, 0.1) is 27.7 Å². The molecule has 0 N–H and O–H groups in total. The van der Waals surface area contributed by atoms with Gasteiger partial charge in [-0.3, -0.25) is 14.2 Å². The number of phosphoric acid groups is 1. The van der Waals surface area contributed by atoms with Crippen LogP contribution in [0.2, 0.25) is 0 Å². The first-order valence-corrected chi connectivity index (χ1v) is 20.3. The summed E-state index contributed by atoms with van der Waals surface area (Å²) in [5.74, 6) is -0.885. The predicted molar refractivity (Wildman–Crippen MR) is 199 cm³/mol. The number of esters is 2. The lowest BCUT2D eigenvalue weighted by atomic mass is 10.0. The van der Waals surface area contributed by atoms with Gasteiger partial charge in [-0.2, -0.15) is 0 Å². The number of carbonyl (C=O) groups is 2. The zero-order valence-corrected chi connectivity index (χ0v) is 32.5.